The van der Waals surface area contributed by atoms with Gasteiger partial charge in [0, 0.05) is 5.56 Å². The van der Waals surface area contributed by atoms with Gasteiger partial charge in [-0.15, -0.1) is 11.3 Å². The summed E-state index contributed by atoms with van der Waals surface area (Å²) in [6, 6.07) is 9.64. The fraction of sp³-hybridized carbons (Fsp3) is 0.188. The highest BCUT2D eigenvalue weighted by atomic mass is 32.1. The zero-order chi connectivity index (χ0) is 15.5. The van der Waals surface area contributed by atoms with Crippen LogP contribution in [-0.4, -0.2) is 16.0 Å². The van der Waals surface area contributed by atoms with Crippen LogP contribution in [0.15, 0.2) is 40.2 Å². The van der Waals surface area contributed by atoms with E-state index >= 15 is 0 Å². The maximum Gasteiger partial charge on any atom is 0.251 e. The largest absolute Gasteiger partial charge is 0.343 e. The van der Waals surface area contributed by atoms with E-state index < -0.39 is 0 Å². The fourth-order valence-corrected chi connectivity index (χ4v) is 2.71. The first kappa shape index (κ1) is 14.5. The predicted molar refractivity (Wildman–Crippen MR) is 84.7 cm³/mol. The molecule has 0 saturated heterocycles. The number of nitrogens with one attached hydrogen (secondary N) is 1. The molecule has 0 saturated carbocycles. The number of aromatic nitrogens is 2. The number of rotatable bonds is 4. The van der Waals surface area contributed by atoms with Crippen LogP contribution in [0.1, 0.15) is 27.4 Å². The van der Waals surface area contributed by atoms with Crippen LogP contribution in [0.3, 0.4) is 0 Å². The first-order chi connectivity index (χ1) is 10.6. The van der Waals surface area contributed by atoms with Gasteiger partial charge in [0.2, 0.25) is 11.7 Å². The maximum atomic E-state index is 12.2. The Morgan fingerprint density at radius 1 is 1.32 bits per heavy atom. The van der Waals surface area contributed by atoms with Crippen LogP contribution in [0.4, 0.5) is 0 Å². The van der Waals surface area contributed by atoms with Crippen molar-refractivity contribution in [3.8, 4) is 10.7 Å². The Kier molecular flexibility index (Phi) is 4.02. The summed E-state index contributed by atoms with van der Waals surface area (Å²) in [5.74, 6) is 0.796. The maximum absolute atomic E-state index is 12.2. The van der Waals surface area contributed by atoms with Gasteiger partial charge in [-0.3, -0.25) is 4.79 Å². The lowest BCUT2D eigenvalue weighted by Crippen LogP contribution is -2.23. The topological polar surface area (TPSA) is 68.0 Å². The van der Waals surface area contributed by atoms with Crippen LogP contribution in [0.2, 0.25) is 0 Å². The summed E-state index contributed by atoms with van der Waals surface area (Å²) in [6.45, 7) is 4.09. The lowest BCUT2D eigenvalue weighted by Gasteiger charge is -2.06. The number of aryl methyl sites for hydroxylation is 2. The first-order valence-corrected chi connectivity index (χ1v) is 7.73. The average molecular weight is 313 g/mol. The van der Waals surface area contributed by atoms with Gasteiger partial charge in [-0.25, -0.2) is 0 Å². The number of amides is 1. The van der Waals surface area contributed by atoms with Crippen molar-refractivity contribution in [3.63, 3.8) is 0 Å². The summed E-state index contributed by atoms with van der Waals surface area (Å²) in [4.78, 5) is 17.4. The number of benzene rings is 1. The Morgan fingerprint density at radius 2 is 2.18 bits per heavy atom. The lowest BCUT2D eigenvalue weighted by atomic mass is 10.1. The highest BCUT2D eigenvalue weighted by molar-refractivity contribution is 7.13. The van der Waals surface area contributed by atoms with E-state index in [0.717, 1.165) is 16.0 Å². The molecule has 0 aliphatic carbocycles. The third-order valence-electron chi connectivity index (χ3n) is 3.25. The molecule has 0 bridgehead atoms. The molecule has 0 spiro atoms. The summed E-state index contributed by atoms with van der Waals surface area (Å²) in [7, 11) is 0. The summed E-state index contributed by atoms with van der Waals surface area (Å²) < 4.78 is 5.16. The number of hydrogen-bond donors (Lipinski definition) is 1. The average Bonchev–Trinajstić information content (AvgIpc) is 3.17. The molecule has 3 rings (SSSR count). The zero-order valence-corrected chi connectivity index (χ0v) is 13.1. The van der Waals surface area contributed by atoms with E-state index in [2.05, 4.69) is 15.5 Å². The Balaban J connectivity index is 1.67. The molecule has 22 heavy (non-hydrogen) atoms. The van der Waals surface area contributed by atoms with E-state index in [0.29, 0.717) is 17.3 Å². The Morgan fingerprint density at radius 3 is 2.95 bits per heavy atom. The van der Waals surface area contributed by atoms with Crippen LogP contribution in [-0.2, 0) is 6.54 Å². The van der Waals surface area contributed by atoms with Gasteiger partial charge in [0.15, 0.2) is 0 Å². The second kappa shape index (κ2) is 6.11. The standard InChI is InChI=1S/C16H15N3O2S/c1-10-5-6-11(2)12(8-10)16(20)17-9-14-18-15(19-21-14)13-4-3-7-22-13/h3-8H,9H2,1-2H3,(H,17,20). The fourth-order valence-electron chi connectivity index (χ4n) is 2.06. The van der Waals surface area contributed by atoms with Crippen molar-refractivity contribution in [2.24, 2.45) is 0 Å². The van der Waals surface area contributed by atoms with E-state index in [1.54, 1.807) is 11.3 Å². The van der Waals surface area contributed by atoms with Crippen molar-refractivity contribution in [2.45, 2.75) is 20.4 Å². The highest BCUT2D eigenvalue weighted by Crippen LogP contribution is 2.21. The molecule has 0 radical (unpaired) electrons. The van der Waals surface area contributed by atoms with E-state index in [9.17, 15) is 4.79 Å². The summed E-state index contributed by atoms with van der Waals surface area (Å²) in [6.07, 6.45) is 0. The second-order valence-electron chi connectivity index (χ2n) is 4.99. The molecule has 1 aromatic carbocycles. The number of hydrogen-bond acceptors (Lipinski definition) is 5. The molecule has 5 nitrogen and oxygen atoms in total. The Hall–Kier alpha value is -2.47. The minimum absolute atomic E-state index is 0.142. The SMILES string of the molecule is Cc1ccc(C)c(C(=O)NCc2nc(-c3cccs3)no2)c1. The first-order valence-electron chi connectivity index (χ1n) is 6.85. The summed E-state index contributed by atoms with van der Waals surface area (Å²) >= 11 is 1.54. The molecular formula is C16H15N3O2S. The molecule has 0 aliphatic heterocycles. The molecule has 1 N–H and O–H groups in total. The molecule has 0 fully saturated rings. The van der Waals surface area contributed by atoms with Gasteiger partial charge in [0.25, 0.3) is 5.91 Å². The molecule has 0 unspecified atom stereocenters. The van der Waals surface area contributed by atoms with E-state index in [4.69, 9.17) is 4.52 Å². The van der Waals surface area contributed by atoms with Crippen LogP contribution >= 0.6 is 11.3 Å². The van der Waals surface area contributed by atoms with Gasteiger partial charge < -0.3 is 9.84 Å². The van der Waals surface area contributed by atoms with E-state index in [1.165, 1.54) is 0 Å². The van der Waals surface area contributed by atoms with Gasteiger partial charge in [-0.1, -0.05) is 28.9 Å². The van der Waals surface area contributed by atoms with Gasteiger partial charge in [0.1, 0.15) is 0 Å². The van der Waals surface area contributed by atoms with E-state index in [-0.39, 0.29) is 12.5 Å². The molecule has 0 atom stereocenters. The summed E-state index contributed by atoms with van der Waals surface area (Å²) in [5.41, 5.74) is 2.65. The molecule has 0 aliphatic rings. The number of nitrogens with zero attached hydrogens (tertiary/aromatic N) is 2. The molecular weight excluding hydrogens is 298 g/mol. The van der Waals surface area contributed by atoms with Crippen molar-refractivity contribution in [1.29, 1.82) is 0 Å². The smallest absolute Gasteiger partial charge is 0.251 e. The lowest BCUT2D eigenvalue weighted by molar-refractivity contribution is 0.0945. The predicted octanol–water partition coefficient (Wildman–Crippen LogP) is 3.34. The van der Waals surface area contributed by atoms with Crippen molar-refractivity contribution >= 4 is 17.2 Å². The molecule has 6 heteroatoms. The van der Waals surface area contributed by atoms with Crippen molar-refractivity contribution in [2.75, 3.05) is 0 Å². The van der Waals surface area contributed by atoms with Crippen molar-refractivity contribution in [3.05, 3.63) is 58.3 Å². The minimum Gasteiger partial charge on any atom is -0.343 e. The molecule has 3 aromatic rings. The molecule has 112 valence electrons. The van der Waals surface area contributed by atoms with Crippen LogP contribution < -0.4 is 5.32 Å². The normalized spacial score (nSPS) is 10.6. The Labute approximate surface area is 132 Å². The zero-order valence-electron chi connectivity index (χ0n) is 12.3. The van der Waals surface area contributed by atoms with Crippen molar-refractivity contribution in [1.82, 2.24) is 15.5 Å². The number of thiophene rings is 1. The van der Waals surface area contributed by atoms with Crippen LogP contribution in [0, 0.1) is 13.8 Å². The van der Waals surface area contributed by atoms with Gasteiger partial charge in [0.05, 0.1) is 11.4 Å². The third kappa shape index (κ3) is 3.07. The molecule has 2 heterocycles. The van der Waals surface area contributed by atoms with Gasteiger partial charge in [-0.05, 0) is 36.9 Å². The van der Waals surface area contributed by atoms with E-state index in [1.807, 2.05) is 49.6 Å². The number of carbonyl (C=O) groups is 1. The highest BCUT2D eigenvalue weighted by Gasteiger charge is 2.12. The minimum atomic E-state index is -0.142. The molecule has 2 aromatic heterocycles. The third-order valence-corrected chi connectivity index (χ3v) is 4.11. The molecule has 1 amide bonds. The second-order valence-corrected chi connectivity index (χ2v) is 5.94. The Bertz CT molecular complexity index is 794. The van der Waals surface area contributed by atoms with Gasteiger partial charge >= 0.3 is 0 Å². The van der Waals surface area contributed by atoms with Crippen LogP contribution in [0.5, 0.6) is 0 Å². The summed E-state index contributed by atoms with van der Waals surface area (Å²) in [5, 5.41) is 8.68. The van der Waals surface area contributed by atoms with Crippen LogP contribution in [0.25, 0.3) is 10.7 Å². The van der Waals surface area contributed by atoms with Gasteiger partial charge in [-0.2, -0.15) is 4.98 Å². The quantitative estimate of drug-likeness (QED) is 0.802. The monoisotopic (exact) mass is 313 g/mol. The number of carbonyl (C=O) groups excluding carboxylic acids is 1. The van der Waals surface area contributed by atoms with Crippen molar-refractivity contribution < 1.29 is 9.32 Å².